The molecule has 78 valence electrons. The minimum atomic E-state index is -0.170. The van der Waals surface area contributed by atoms with Crippen LogP contribution in [0.4, 0.5) is 0 Å². The average Bonchev–Trinajstić information content (AvgIpc) is 2.58. The second-order valence-corrected chi connectivity index (χ2v) is 3.47. The molecule has 0 spiro atoms. The lowest BCUT2D eigenvalue weighted by atomic mass is 10.1. The zero-order valence-corrected chi connectivity index (χ0v) is 8.54. The van der Waals surface area contributed by atoms with Crippen molar-refractivity contribution in [1.29, 1.82) is 0 Å². The van der Waals surface area contributed by atoms with Gasteiger partial charge in [0, 0.05) is 12.8 Å². The van der Waals surface area contributed by atoms with Crippen molar-refractivity contribution < 1.29 is 14.3 Å². The molecule has 0 atom stereocenters. The smallest absolute Gasteiger partial charge is 0.305 e. The Bertz CT molecular complexity index is 253. The Hall–Kier alpha value is -1.12. The van der Waals surface area contributed by atoms with Crippen LogP contribution in [0.25, 0.3) is 0 Å². The molecule has 0 aromatic carbocycles. The maximum Gasteiger partial charge on any atom is 0.305 e. The summed E-state index contributed by atoms with van der Waals surface area (Å²) in [6.45, 7) is 0. The van der Waals surface area contributed by atoms with Crippen molar-refractivity contribution in [2.75, 3.05) is 7.11 Å². The number of hydrogen-bond donors (Lipinski definition) is 0. The maximum absolute atomic E-state index is 11.2. The van der Waals surface area contributed by atoms with Crippen LogP contribution >= 0.6 is 0 Å². The van der Waals surface area contributed by atoms with Crippen molar-refractivity contribution in [3.63, 3.8) is 0 Å². The molecule has 0 amide bonds. The lowest BCUT2D eigenvalue weighted by molar-refractivity contribution is -0.140. The first-order valence-electron chi connectivity index (χ1n) is 5.03. The molecule has 0 saturated heterocycles. The van der Waals surface area contributed by atoms with Crippen LogP contribution in [0, 0.1) is 0 Å². The molecule has 3 nitrogen and oxygen atoms in total. The minimum Gasteiger partial charge on any atom is -0.469 e. The first-order chi connectivity index (χ1) is 6.74. The highest BCUT2D eigenvalue weighted by atomic mass is 16.5. The van der Waals surface area contributed by atoms with Gasteiger partial charge in [-0.15, -0.1) is 0 Å². The van der Waals surface area contributed by atoms with Crippen molar-refractivity contribution in [2.24, 2.45) is 0 Å². The summed E-state index contributed by atoms with van der Waals surface area (Å²) in [5.74, 6) is 0.111. The number of unbranched alkanes of at least 4 members (excludes halogenated alkanes) is 1. The number of carbonyl (C=O) groups excluding carboxylic acids is 2. The van der Waals surface area contributed by atoms with Crippen molar-refractivity contribution in [3.8, 4) is 0 Å². The SMILES string of the molecule is COC(=O)CCCCC1=CCCC1=O. The summed E-state index contributed by atoms with van der Waals surface area (Å²) in [5, 5.41) is 0. The molecule has 0 fully saturated rings. The van der Waals surface area contributed by atoms with Gasteiger partial charge in [-0.25, -0.2) is 0 Å². The third kappa shape index (κ3) is 3.32. The summed E-state index contributed by atoms with van der Waals surface area (Å²) in [4.78, 5) is 22.0. The highest BCUT2D eigenvalue weighted by Crippen LogP contribution is 2.19. The molecular formula is C11H16O3. The van der Waals surface area contributed by atoms with Gasteiger partial charge in [0.1, 0.15) is 0 Å². The molecule has 0 aromatic rings. The standard InChI is InChI=1S/C11H16O3/c1-14-11(13)8-3-2-5-9-6-4-7-10(9)12/h6H,2-5,7-8H2,1H3. The van der Waals surface area contributed by atoms with Crippen LogP contribution in [0.15, 0.2) is 11.6 Å². The minimum absolute atomic E-state index is 0.170. The summed E-state index contributed by atoms with van der Waals surface area (Å²) < 4.78 is 4.52. The lowest BCUT2D eigenvalue weighted by Gasteiger charge is -2.00. The van der Waals surface area contributed by atoms with Gasteiger partial charge in [-0.1, -0.05) is 6.08 Å². The zero-order chi connectivity index (χ0) is 10.4. The quantitative estimate of drug-likeness (QED) is 0.499. The van der Waals surface area contributed by atoms with Crippen molar-refractivity contribution in [2.45, 2.75) is 38.5 Å². The lowest BCUT2D eigenvalue weighted by Crippen LogP contribution is -2.00. The van der Waals surface area contributed by atoms with E-state index < -0.39 is 0 Å². The molecule has 1 aliphatic carbocycles. The van der Waals surface area contributed by atoms with Crippen LogP contribution < -0.4 is 0 Å². The molecule has 14 heavy (non-hydrogen) atoms. The van der Waals surface area contributed by atoms with E-state index in [4.69, 9.17) is 0 Å². The van der Waals surface area contributed by atoms with Crippen LogP contribution in [0.2, 0.25) is 0 Å². The van der Waals surface area contributed by atoms with Gasteiger partial charge in [0.15, 0.2) is 5.78 Å². The number of methoxy groups -OCH3 is 1. The Morgan fingerprint density at radius 1 is 1.50 bits per heavy atom. The van der Waals surface area contributed by atoms with E-state index in [0.717, 1.165) is 31.3 Å². The molecule has 0 aliphatic heterocycles. The Balaban J connectivity index is 2.10. The summed E-state index contributed by atoms with van der Waals surface area (Å²) in [5.41, 5.74) is 0.954. The van der Waals surface area contributed by atoms with Crippen LogP contribution in [-0.4, -0.2) is 18.9 Å². The average molecular weight is 196 g/mol. The van der Waals surface area contributed by atoms with Crippen molar-refractivity contribution >= 4 is 11.8 Å². The third-order valence-electron chi connectivity index (χ3n) is 2.42. The number of ketones is 1. The first-order valence-corrected chi connectivity index (χ1v) is 5.03. The number of esters is 1. The number of Topliss-reactive ketones (excluding diaryl/α,β-unsaturated/α-hetero) is 1. The van der Waals surface area contributed by atoms with E-state index in [1.54, 1.807) is 0 Å². The Morgan fingerprint density at radius 2 is 2.29 bits per heavy atom. The summed E-state index contributed by atoms with van der Waals surface area (Å²) in [7, 11) is 1.39. The van der Waals surface area contributed by atoms with Crippen LogP contribution in [0.5, 0.6) is 0 Å². The molecule has 0 radical (unpaired) electrons. The third-order valence-corrected chi connectivity index (χ3v) is 2.42. The fourth-order valence-electron chi connectivity index (χ4n) is 1.58. The predicted molar refractivity (Wildman–Crippen MR) is 52.8 cm³/mol. The fourth-order valence-corrected chi connectivity index (χ4v) is 1.58. The summed E-state index contributed by atoms with van der Waals surface area (Å²) in [6, 6.07) is 0. The molecule has 0 heterocycles. The monoisotopic (exact) mass is 196 g/mol. The van der Waals surface area contributed by atoms with Crippen molar-refractivity contribution in [3.05, 3.63) is 11.6 Å². The van der Waals surface area contributed by atoms with Gasteiger partial charge < -0.3 is 4.74 Å². The molecule has 1 rings (SSSR count). The normalized spacial score (nSPS) is 15.5. The molecule has 1 aliphatic rings. The molecule has 0 bridgehead atoms. The van der Waals surface area contributed by atoms with Crippen molar-refractivity contribution in [1.82, 2.24) is 0 Å². The molecular weight excluding hydrogens is 180 g/mol. The predicted octanol–water partition coefficient (Wildman–Crippen LogP) is 2.01. The Kier molecular flexibility index (Phi) is 4.36. The number of hydrogen-bond acceptors (Lipinski definition) is 3. The van der Waals surface area contributed by atoms with Crippen LogP contribution in [0.1, 0.15) is 38.5 Å². The topological polar surface area (TPSA) is 43.4 Å². The molecule has 3 heteroatoms. The van der Waals surface area contributed by atoms with E-state index in [2.05, 4.69) is 4.74 Å². The summed E-state index contributed by atoms with van der Waals surface area (Å²) in [6.07, 6.45) is 6.55. The highest BCUT2D eigenvalue weighted by Gasteiger charge is 2.13. The first kappa shape index (κ1) is 11.0. The summed E-state index contributed by atoms with van der Waals surface area (Å²) >= 11 is 0. The zero-order valence-electron chi connectivity index (χ0n) is 8.54. The number of carbonyl (C=O) groups is 2. The van der Waals surface area contributed by atoms with E-state index in [1.807, 2.05) is 6.08 Å². The van der Waals surface area contributed by atoms with E-state index in [1.165, 1.54) is 7.11 Å². The van der Waals surface area contributed by atoms with E-state index in [-0.39, 0.29) is 11.8 Å². The largest absolute Gasteiger partial charge is 0.469 e. The number of rotatable bonds is 5. The molecule has 0 unspecified atom stereocenters. The van der Waals surface area contributed by atoms with Crippen LogP contribution in [0.3, 0.4) is 0 Å². The Labute approximate surface area is 84.1 Å². The van der Waals surface area contributed by atoms with Gasteiger partial charge in [0.2, 0.25) is 0 Å². The van der Waals surface area contributed by atoms with E-state index in [0.29, 0.717) is 12.8 Å². The number of allylic oxidation sites excluding steroid dienone is 2. The second kappa shape index (κ2) is 5.58. The number of ether oxygens (including phenoxy) is 1. The Morgan fingerprint density at radius 3 is 2.86 bits per heavy atom. The van der Waals surface area contributed by atoms with Gasteiger partial charge in [0.25, 0.3) is 0 Å². The van der Waals surface area contributed by atoms with Gasteiger partial charge in [-0.3, -0.25) is 9.59 Å². The van der Waals surface area contributed by atoms with Gasteiger partial charge in [0.05, 0.1) is 7.11 Å². The van der Waals surface area contributed by atoms with Gasteiger partial charge >= 0.3 is 5.97 Å². The fraction of sp³-hybridized carbons (Fsp3) is 0.636. The second-order valence-electron chi connectivity index (χ2n) is 3.47. The maximum atomic E-state index is 11.2. The molecule has 0 aromatic heterocycles. The molecule has 0 N–H and O–H groups in total. The highest BCUT2D eigenvalue weighted by molar-refractivity contribution is 5.97. The van der Waals surface area contributed by atoms with E-state index in [9.17, 15) is 9.59 Å². The van der Waals surface area contributed by atoms with E-state index >= 15 is 0 Å². The molecule has 0 saturated carbocycles. The van der Waals surface area contributed by atoms with Gasteiger partial charge in [-0.05, 0) is 31.3 Å². The van der Waals surface area contributed by atoms with Crippen LogP contribution in [-0.2, 0) is 14.3 Å². The van der Waals surface area contributed by atoms with Gasteiger partial charge in [-0.2, -0.15) is 0 Å².